The van der Waals surface area contributed by atoms with Crippen LogP contribution in [0, 0.1) is 6.92 Å². The highest BCUT2D eigenvalue weighted by atomic mass is 35.5. The molecule has 4 aromatic rings. The number of halogens is 1. The zero-order valence-electron chi connectivity index (χ0n) is 16.3. The zero-order valence-corrected chi connectivity index (χ0v) is 17.0. The van der Waals surface area contributed by atoms with E-state index in [0.29, 0.717) is 45.0 Å². The molecule has 156 valence electrons. The van der Waals surface area contributed by atoms with Crippen LogP contribution in [0.15, 0.2) is 57.6 Å². The Morgan fingerprint density at radius 2 is 1.90 bits per heavy atom. The SMILES string of the molecule is Cc1onc(-c2ccccc2Cl)c1C(=O)OCc1cc(-c2ccc3c(c2)OCO3)on1. The number of nitrogens with zero attached hydrogens (tertiary/aromatic N) is 2. The largest absolute Gasteiger partial charge is 0.455 e. The highest BCUT2D eigenvalue weighted by Gasteiger charge is 2.25. The molecule has 0 unspecified atom stereocenters. The zero-order chi connectivity index (χ0) is 21.4. The van der Waals surface area contributed by atoms with Gasteiger partial charge in [0.2, 0.25) is 6.79 Å². The highest BCUT2D eigenvalue weighted by Crippen LogP contribution is 2.36. The van der Waals surface area contributed by atoms with Gasteiger partial charge in [-0.1, -0.05) is 40.1 Å². The fourth-order valence-electron chi connectivity index (χ4n) is 3.23. The molecule has 1 aliphatic rings. The van der Waals surface area contributed by atoms with E-state index in [9.17, 15) is 4.79 Å². The maximum Gasteiger partial charge on any atom is 0.344 e. The van der Waals surface area contributed by atoms with Crippen molar-refractivity contribution in [3.8, 4) is 34.1 Å². The molecule has 31 heavy (non-hydrogen) atoms. The molecule has 2 aromatic carbocycles. The van der Waals surface area contributed by atoms with Crippen LogP contribution in [0.25, 0.3) is 22.6 Å². The van der Waals surface area contributed by atoms with E-state index in [1.807, 2.05) is 6.07 Å². The molecule has 0 atom stereocenters. The molecule has 0 radical (unpaired) electrons. The third-order valence-electron chi connectivity index (χ3n) is 4.76. The van der Waals surface area contributed by atoms with Crippen molar-refractivity contribution in [1.29, 1.82) is 0 Å². The fraction of sp³-hybridized carbons (Fsp3) is 0.136. The van der Waals surface area contributed by atoms with E-state index < -0.39 is 5.97 Å². The number of fused-ring (bicyclic) bond motifs is 1. The fourth-order valence-corrected chi connectivity index (χ4v) is 3.45. The van der Waals surface area contributed by atoms with Crippen LogP contribution in [-0.2, 0) is 11.3 Å². The topological polar surface area (TPSA) is 96.8 Å². The summed E-state index contributed by atoms with van der Waals surface area (Å²) >= 11 is 6.24. The summed E-state index contributed by atoms with van der Waals surface area (Å²) in [4.78, 5) is 12.8. The predicted octanol–water partition coefficient (Wildman–Crippen LogP) is 5.04. The summed E-state index contributed by atoms with van der Waals surface area (Å²) in [7, 11) is 0. The molecule has 3 heterocycles. The minimum Gasteiger partial charge on any atom is -0.455 e. The minimum atomic E-state index is -0.596. The van der Waals surface area contributed by atoms with Crippen LogP contribution >= 0.6 is 11.6 Å². The van der Waals surface area contributed by atoms with Crippen LogP contribution in [0.4, 0.5) is 0 Å². The van der Waals surface area contributed by atoms with Gasteiger partial charge < -0.3 is 23.3 Å². The Balaban J connectivity index is 1.32. The average Bonchev–Trinajstić information content (AvgIpc) is 3.51. The summed E-state index contributed by atoms with van der Waals surface area (Å²) in [6.45, 7) is 1.74. The van der Waals surface area contributed by atoms with Crippen molar-refractivity contribution in [3.63, 3.8) is 0 Å². The van der Waals surface area contributed by atoms with E-state index in [1.54, 1.807) is 49.4 Å². The summed E-state index contributed by atoms with van der Waals surface area (Å²) < 4.78 is 26.7. The molecule has 9 heteroatoms. The number of esters is 1. The Labute approximate surface area is 181 Å². The molecule has 0 aliphatic carbocycles. The van der Waals surface area contributed by atoms with Crippen molar-refractivity contribution < 1.29 is 28.1 Å². The molecular weight excluding hydrogens is 424 g/mol. The lowest BCUT2D eigenvalue weighted by Crippen LogP contribution is -2.07. The summed E-state index contributed by atoms with van der Waals surface area (Å²) in [6.07, 6.45) is 0. The van der Waals surface area contributed by atoms with Gasteiger partial charge in [-0.15, -0.1) is 0 Å². The van der Waals surface area contributed by atoms with Gasteiger partial charge in [0.15, 0.2) is 17.3 Å². The van der Waals surface area contributed by atoms with Crippen LogP contribution in [0.3, 0.4) is 0 Å². The van der Waals surface area contributed by atoms with E-state index in [2.05, 4.69) is 10.3 Å². The van der Waals surface area contributed by atoms with Crippen molar-refractivity contribution in [2.75, 3.05) is 6.79 Å². The first-order valence-electron chi connectivity index (χ1n) is 9.34. The molecule has 1 aliphatic heterocycles. The molecular formula is C22H15ClN2O6. The van der Waals surface area contributed by atoms with E-state index in [4.69, 9.17) is 34.9 Å². The summed E-state index contributed by atoms with van der Waals surface area (Å²) in [5.41, 5.74) is 2.35. The number of hydrogen-bond acceptors (Lipinski definition) is 8. The molecule has 0 fully saturated rings. The van der Waals surface area contributed by atoms with Gasteiger partial charge in [-0.3, -0.25) is 0 Å². The van der Waals surface area contributed by atoms with Gasteiger partial charge >= 0.3 is 5.97 Å². The van der Waals surface area contributed by atoms with Crippen LogP contribution in [0.1, 0.15) is 21.8 Å². The molecule has 0 N–H and O–H groups in total. The van der Waals surface area contributed by atoms with Crippen molar-refractivity contribution in [1.82, 2.24) is 10.3 Å². The number of hydrogen-bond donors (Lipinski definition) is 0. The molecule has 0 bridgehead atoms. The van der Waals surface area contributed by atoms with E-state index in [1.165, 1.54) is 0 Å². The lowest BCUT2D eigenvalue weighted by molar-refractivity contribution is 0.0463. The van der Waals surface area contributed by atoms with Gasteiger partial charge in [-0.05, 0) is 31.2 Å². The van der Waals surface area contributed by atoms with Gasteiger partial charge in [-0.25, -0.2) is 4.79 Å². The van der Waals surface area contributed by atoms with Gasteiger partial charge in [0.1, 0.15) is 29.3 Å². The number of benzene rings is 2. The van der Waals surface area contributed by atoms with Crippen LogP contribution < -0.4 is 9.47 Å². The van der Waals surface area contributed by atoms with E-state index in [0.717, 1.165) is 5.56 Å². The average molecular weight is 439 g/mol. The number of ether oxygens (including phenoxy) is 3. The van der Waals surface area contributed by atoms with Crippen LogP contribution in [0.2, 0.25) is 5.02 Å². The maximum absolute atomic E-state index is 12.8. The standard InChI is InChI=1S/C22H15ClN2O6/c1-12-20(21(25-30-12)15-4-2-3-5-16(15)23)22(26)27-10-14-9-18(31-24-14)13-6-7-17-19(8-13)29-11-28-17/h2-9H,10-11H2,1H3. The number of aromatic nitrogens is 2. The Kier molecular flexibility index (Phi) is 4.83. The van der Waals surface area contributed by atoms with Gasteiger partial charge in [-0.2, -0.15) is 0 Å². The Morgan fingerprint density at radius 3 is 2.77 bits per heavy atom. The van der Waals surface area contributed by atoms with Crippen molar-refractivity contribution >= 4 is 17.6 Å². The first kappa shape index (κ1) is 19.2. The molecule has 0 saturated carbocycles. The summed E-state index contributed by atoms with van der Waals surface area (Å²) in [5.74, 6) is 1.57. The van der Waals surface area contributed by atoms with E-state index in [-0.39, 0.29) is 19.0 Å². The lowest BCUT2D eigenvalue weighted by atomic mass is 10.1. The summed E-state index contributed by atoms with van der Waals surface area (Å²) in [6, 6.07) is 14.2. The molecule has 0 spiro atoms. The Bertz CT molecular complexity index is 1280. The second-order valence-corrected chi connectivity index (χ2v) is 7.18. The first-order valence-corrected chi connectivity index (χ1v) is 9.72. The third-order valence-corrected chi connectivity index (χ3v) is 5.09. The molecule has 2 aromatic heterocycles. The minimum absolute atomic E-state index is 0.0839. The monoisotopic (exact) mass is 438 g/mol. The van der Waals surface area contributed by atoms with Gasteiger partial charge in [0, 0.05) is 17.2 Å². The maximum atomic E-state index is 12.8. The number of aryl methyl sites for hydroxylation is 1. The quantitative estimate of drug-likeness (QED) is 0.399. The Morgan fingerprint density at radius 1 is 1.06 bits per heavy atom. The molecule has 0 saturated heterocycles. The number of rotatable bonds is 5. The molecule has 0 amide bonds. The predicted molar refractivity (Wildman–Crippen MR) is 109 cm³/mol. The first-order chi connectivity index (χ1) is 15.1. The normalized spacial score (nSPS) is 12.2. The lowest BCUT2D eigenvalue weighted by Gasteiger charge is -2.04. The van der Waals surface area contributed by atoms with Crippen LogP contribution in [0.5, 0.6) is 11.5 Å². The third kappa shape index (κ3) is 3.62. The Hall–Kier alpha value is -3.78. The van der Waals surface area contributed by atoms with Crippen molar-refractivity contribution in [2.24, 2.45) is 0 Å². The summed E-state index contributed by atoms with van der Waals surface area (Å²) in [5, 5.41) is 8.40. The second-order valence-electron chi connectivity index (χ2n) is 6.77. The second kappa shape index (κ2) is 7.81. The van der Waals surface area contributed by atoms with E-state index >= 15 is 0 Å². The molecule has 8 nitrogen and oxygen atoms in total. The number of carbonyl (C=O) groups excluding carboxylic acids is 1. The molecule has 5 rings (SSSR count). The van der Waals surface area contributed by atoms with Gasteiger partial charge in [0.25, 0.3) is 0 Å². The smallest absolute Gasteiger partial charge is 0.344 e. The van der Waals surface area contributed by atoms with Gasteiger partial charge in [0.05, 0.1) is 5.02 Å². The highest BCUT2D eigenvalue weighted by molar-refractivity contribution is 6.33. The van der Waals surface area contributed by atoms with Crippen molar-refractivity contribution in [2.45, 2.75) is 13.5 Å². The van der Waals surface area contributed by atoms with Crippen LogP contribution in [-0.4, -0.2) is 23.1 Å². The number of carbonyl (C=O) groups is 1. The van der Waals surface area contributed by atoms with Crippen molar-refractivity contribution in [3.05, 3.63) is 70.6 Å².